The fraction of sp³-hybridized carbons (Fsp3) is 0.250. The first kappa shape index (κ1) is 10.7. The van der Waals surface area contributed by atoms with Gasteiger partial charge in [-0.15, -0.1) is 0 Å². The average Bonchev–Trinajstić information content (AvgIpc) is 2.73. The molecule has 2 rings (SSSR count). The Hall–Kier alpha value is -1.81. The number of aryl methyl sites for hydroxylation is 1. The molecule has 1 heterocycles. The Morgan fingerprint density at radius 3 is 2.56 bits per heavy atom. The van der Waals surface area contributed by atoms with Gasteiger partial charge in [0.2, 0.25) is 0 Å². The van der Waals surface area contributed by atoms with Crippen LogP contribution >= 0.6 is 0 Å². The fourth-order valence-electron chi connectivity index (χ4n) is 1.67. The number of phenols is 1. The van der Waals surface area contributed by atoms with Gasteiger partial charge in [-0.2, -0.15) is 0 Å². The van der Waals surface area contributed by atoms with E-state index in [0.717, 1.165) is 29.2 Å². The Balaban J connectivity index is 2.45. The summed E-state index contributed by atoms with van der Waals surface area (Å²) in [6.07, 6.45) is 0.878. The van der Waals surface area contributed by atoms with Crippen LogP contribution in [-0.2, 0) is 13.0 Å². The third kappa shape index (κ3) is 1.92. The summed E-state index contributed by atoms with van der Waals surface area (Å²) in [5.41, 5.74) is 8.54. The van der Waals surface area contributed by atoms with Crippen LogP contribution in [0.15, 0.2) is 24.3 Å². The van der Waals surface area contributed by atoms with E-state index in [1.165, 1.54) is 0 Å². The van der Waals surface area contributed by atoms with Gasteiger partial charge in [-0.1, -0.05) is 6.92 Å². The second-order valence-corrected chi connectivity index (χ2v) is 3.62. The summed E-state index contributed by atoms with van der Waals surface area (Å²) in [5, 5.41) is 9.23. The van der Waals surface area contributed by atoms with Gasteiger partial charge in [0.15, 0.2) is 0 Å². The Morgan fingerprint density at radius 1 is 1.31 bits per heavy atom. The van der Waals surface area contributed by atoms with Crippen LogP contribution in [0.1, 0.15) is 18.4 Å². The summed E-state index contributed by atoms with van der Waals surface area (Å²) >= 11 is 0. The lowest BCUT2D eigenvalue weighted by molar-refractivity contribution is 0.475. The standard InChI is InChI=1S/C12H15N3O/c1-2-10-12(15-11(7-13)14-10)8-3-5-9(16)6-4-8/h3-6,16H,2,7,13H2,1H3,(H,14,15). The average molecular weight is 217 g/mol. The lowest BCUT2D eigenvalue weighted by Crippen LogP contribution is -1.98. The third-order valence-electron chi connectivity index (χ3n) is 2.52. The van der Waals surface area contributed by atoms with Crippen LogP contribution in [-0.4, -0.2) is 15.1 Å². The molecule has 1 aromatic carbocycles. The van der Waals surface area contributed by atoms with Crippen molar-refractivity contribution in [1.82, 2.24) is 9.97 Å². The van der Waals surface area contributed by atoms with Crippen molar-refractivity contribution in [2.45, 2.75) is 19.9 Å². The summed E-state index contributed by atoms with van der Waals surface area (Å²) < 4.78 is 0. The molecular formula is C12H15N3O. The van der Waals surface area contributed by atoms with E-state index in [9.17, 15) is 5.11 Å². The van der Waals surface area contributed by atoms with Crippen molar-refractivity contribution in [3.63, 3.8) is 0 Å². The third-order valence-corrected chi connectivity index (χ3v) is 2.52. The van der Waals surface area contributed by atoms with Crippen LogP contribution < -0.4 is 5.73 Å². The predicted octanol–water partition coefficient (Wildman–Crippen LogP) is 1.80. The Labute approximate surface area is 94.1 Å². The van der Waals surface area contributed by atoms with Crippen LogP contribution in [0.5, 0.6) is 5.75 Å². The number of benzene rings is 1. The van der Waals surface area contributed by atoms with E-state index in [-0.39, 0.29) is 5.75 Å². The molecule has 1 aromatic heterocycles. The van der Waals surface area contributed by atoms with Gasteiger partial charge < -0.3 is 15.8 Å². The van der Waals surface area contributed by atoms with Crippen LogP contribution in [0.2, 0.25) is 0 Å². The Bertz CT molecular complexity index is 474. The van der Waals surface area contributed by atoms with E-state index in [4.69, 9.17) is 5.73 Å². The first-order valence-corrected chi connectivity index (χ1v) is 5.31. The number of nitrogens with one attached hydrogen (secondary N) is 1. The Morgan fingerprint density at radius 2 is 2.00 bits per heavy atom. The van der Waals surface area contributed by atoms with Gasteiger partial charge in [0, 0.05) is 11.3 Å². The predicted molar refractivity (Wildman–Crippen MR) is 63.0 cm³/mol. The van der Waals surface area contributed by atoms with Gasteiger partial charge in [0.1, 0.15) is 11.6 Å². The SMILES string of the molecule is CCc1[nH]c(CN)nc1-c1ccc(O)cc1. The number of phenolic OH excluding ortho intramolecular Hbond substituents is 1. The topological polar surface area (TPSA) is 74.9 Å². The normalized spacial score (nSPS) is 10.6. The molecule has 4 N–H and O–H groups in total. The summed E-state index contributed by atoms with van der Waals surface area (Å²) in [4.78, 5) is 7.63. The van der Waals surface area contributed by atoms with Crippen LogP contribution in [0.25, 0.3) is 11.3 Å². The summed E-state index contributed by atoms with van der Waals surface area (Å²) in [6, 6.07) is 7.02. The second kappa shape index (κ2) is 4.37. The zero-order valence-corrected chi connectivity index (χ0v) is 9.20. The highest BCUT2D eigenvalue weighted by molar-refractivity contribution is 5.63. The molecule has 2 aromatic rings. The first-order chi connectivity index (χ1) is 7.74. The lowest BCUT2D eigenvalue weighted by atomic mass is 10.1. The molecule has 0 atom stereocenters. The van der Waals surface area contributed by atoms with E-state index in [0.29, 0.717) is 6.54 Å². The molecule has 0 fully saturated rings. The van der Waals surface area contributed by atoms with Gasteiger partial charge in [-0.05, 0) is 30.7 Å². The molecule has 0 amide bonds. The number of imidazole rings is 1. The summed E-state index contributed by atoms with van der Waals surface area (Å²) in [6.45, 7) is 2.48. The maximum absolute atomic E-state index is 9.23. The van der Waals surface area contributed by atoms with Crippen molar-refractivity contribution in [3.05, 3.63) is 35.8 Å². The summed E-state index contributed by atoms with van der Waals surface area (Å²) in [5.74, 6) is 1.05. The Kier molecular flexibility index (Phi) is 2.92. The largest absolute Gasteiger partial charge is 0.508 e. The van der Waals surface area contributed by atoms with E-state index in [2.05, 4.69) is 16.9 Å². The van der Waals surface area contributed by atoms with Crippen molar-refractivity contribution in [2.24, 2.45) is 5.73 Å². The molecule has 0 unspecified atom stereocenters. The van der Waals surface area contributed by atoms with Crippen molar-refractivity contribution < 1.29 is 5.11 Å². The van der Waals surface area contributed by atoms with Gasteiger partial charge in [0.25, 0.3) is 0 Å². The molecular weight excluding hydrogens is 202 g/mol. The minimum Gasteiger partial charge on any atom is -0.508 e. The zero-order chi connectivity index (χ0) is 11.5. The number of nitrogens with two attached hydrogens (primary N) is 1. The number of H-pyrrole nitrogens is 1. The highest BCUT2D eigenvalue weighted by atomic mass is 16.3. The van der Waals surface area contributed by atoms with Gasteiger partial charge >= 0.3 is 0 Å². The molecule has 0 saturated carbocycles. The van der Waals surface area contributed by atoms with Gasteiger partial charge in [-0.25, -0.2) is 4.98 Å². The highest BCUT2D eigenvalue weighted by Gasteiger charge is 2.09. The molecule has 16 heavy (non-hydrogen) atoms. The smallest absolute Gasteiger partial charge is 0.120 e. The molecule has 0 radical (unpaired) electrons. The second-order valence-electron chi connectivity index (χ2n) is 3.62. The molecule has 0 aliphatic rings. The maximum atomic E-state index is 9.23. The number of aromatic amines is 1. The van der Waals surface area contributed by atoms with Gasteiger partial charge in [0.05, 0.1) is 12.2 Å². The van der Waals surface area contributed by atoms with Crippen LogP contribution in [0.4, 0.5) is 0 Å². The van der Waals surface area contributed by atoms with E-state index >= 15 is 0 Å². The lowest BCUT2D eigenvalue weighted by Gasteiger charge is -2.00. The molecule has 4 nitrogen and oxygen atoms in total. The molecule has 0 bridgehead atoms. The molecule has 0 aliphatic carbocycles. The first-order valence-electron chi connectivity index (χ1n) is 5.31. The quantitative estimate of drug-likeness (QED) is 0.733. The van der Waals surface area contributed by atoms with Gasteiger partial charge in [-0.3, -0.25) is 0 Å². The number of hydrogen-bond donors (Lipinski definition) is 3. The number of aromatic hydroxyl groups is 1. The molecule has 0 saturated heterocycles. The van der Waals surface area contributed by atoms with E-state index in [1.807, 2.05) is 12.1 Å². The molecule has 84 valence electrons. The molecule has 0 spiro atoms. The summed E-state index contributed by atoms with van der Waals surface area (Å²) in [7, 11) is 0. The van der Waals surface area contributed by atoms with Crippen molar-refractivity contribution in [1.29, 1.82) is 0 Å². The minimum absolute atomic E-state index is 0.261. The van der Waals surface area contributed by atoms with Crippen molar-refractivity contribution in [3.8, 4) is 17.0 Å². The van der Waals surface area contributed by atoms with Crippen LogP contribution in [0, 0.1) is 0 Å². The highest BCUT2D eigenvalue weighted by Crippen LogP contribution is 2.23. The van der Waals surface area contributed by atoms with Crippen molar-refractivity contribution in [2.75, 3.05) is 0 Å². The number of nitrogens with zero attached hydrogens (tertiary/aromatic N) is 1. The zero-order valence-electron chi connectivity index (χ0n) is 9.20. The number of hydrogen-bond acceptors (Lipinski definition) is 3. The van der Waals surface area contributed by atoms with Crippen LogP contribution in [0.3, 0.4) is 0 Å². The van der Waals surface area contributed by atoms with Crippen molar-refractivity contribution >= 4 is 0 Å². The maximum Gasteiger partial charge on any atom is 0.120 e. The van der Waals surface area contributed by atoms with E-state index < -0.39 is 0 Å². The minimum atomic E-state index is 0.261. The molecule has 0 aliphatic heterocycles. The van der Waals surface area contributed by atoms with E-state index in [1.54, 1.807) is 12.1 Å². The number of aromatic nitrogens is 2. The fourth-order valence-corrected chi connectivity index (χ4v) is 1.67. The molecule has 4 heteroatoms. The number of rotatable bonds is 3. The monoisotopic (exact) mass is 217 g/mol.